The number of carbonyl (C=O) groups excluding carboxylic acids is 1. The fourth-order valence-electron chi connectivity index (χ4n) is 3.61. The number of carbonyl (C=O) groups is 1. The van der Waals surface area contributed by atoms with Crippen molar-refractivity contribution >= 4 is 16.1 Å². The number of Topliss-reactive ketones (excluding diaryl/α,β-unsaturated/α-hetero) is 1. The van der Waals surface area contributed by atoms with E-state index in [4.69, 9.17) is 4.18 Å². The molecule has 0 fully saturated rings. The highest BCUT2D eigenvalue weighted by atomic mass is 32.2. The minimum Gasteiger partial charge on any atom is -0.370 e. The Morgan fingerprint density at radius 2 is 1.54 bits per heavy atom. The molecule has 0 aliphatic heterocycles. The minimum atomic E-state index is -4.19. The van der Waals surface area contributed by atoms with Crippen molar-refractivity contribution in [1.82, 2.24) is 4.72 Å². The van der Waals surface area contributed by atoms with Crippen molar-refractivity contribution in [2.75, 3.05) is 0 Å². The lowest BCUT2D eigenvalue weighted by molar-refractivity contribution is -0.121. The number of ketones is 1. The zero-order valence-corrected chi connectivity index (χ0v) is 17.5. The Kier molecular flexibility index (Phi) is 5.91. The third kappa shape index (κ3) is 4.28. The van der Waals surface area contributed by atoms with Gasteiger partial charge in [-0.2, -0.15) is 13.1 Å². The van der Waals surface area contributed by atoms with Gasteiger partial charge in [0.1, 0.15) is 6.04 Å². The van der Waals surface area contributed by atoms with Gasteiger partial charge < -0.3 is 4.18 Å². The first-order valence-corrected chi connectivity index (χ1v) is 11.1. The van der Waals surface area contributed by atoms with Crippen LogP contribution in [0.15, 0.2) is 42.5 Å². The van der Waals surface area contributed by atoms with E-state index in [1.165, 1.54) is 0 Å². The zero-order valence-electron chi connectivity index (χ0n) is 16.7. The fourth-order valence-corrected chi connectivity index (χ4v) is 4.61. The largest absolute Gasteiger partial charge is 0.383 e. The molecule has 3 rings (SSSR count). The highest BCUT2D eigenvalue weighted by Crippen LogP contribution is 2.36. The van der Waals surface area contributed by atoms with E-state index in [2.05, 4.69) is 4.72 Å². The van der Waals surface area contributed by atoms with E-state index >= 15 is 0 Å². The van der Waals surface area contributed by atoms with Crippen LogP contribution in [0.1, 0.15) is 74.2 Å². The number of rotatable bonds is 6. The van der Waals surface area contributed by atoms with Crippen molar-refractivity contribution in [2.24, 2.45) is 0 Å². The maximum atomic E-state index is 12.9. The highest BCUT2D eigenvalue weighted by Gasteiger charge is 2.32. The van der Waals surface area contributed by atoms with Gasteiger partial charge in [-0.25, -0.2) is 0 Å². The topological polar surface area (TPSA) is 72.5 Å². The molecule has 0 bridgehead atoms. The van der Waals surface area contributed by atoms with Crippen molar-refractivity contribution < 1.29 is 17.4 Å². The Balaban J connectivity index is 1.95. The van der Waals surface area contributed by atoms with Gasteiger partial charge in [0.2, 0.25) is 0 Å². The highest BCUT2D eigenvalue weighted by molar-refractivity contribution is 7.85. The number of para-hydroxylation sites is 1. The second-order valence-corrected chi connectivity index (χ2v) is 9.14. The van der Waals surface area contributed by atoms with Crippen LogP contribution in [-0.2, 0) is 21.5 Å². The van der Waals surface area contributed by atoms with Gasteiger partial charge in [-0.1, -0.05) is 70.2 Å². The lowest BCUT2D eigenvalue weighted by atomic mass is 9.87. The van der Waals surface area contributed by atoms with Crippen LogP contribution in [0.4, 0.5) is 0 Å². The number of aryl methyl sites for hydroxylation is 1. The standard InChI is InChI=1S/C22H27NO4S/c1-14(2)17-10-7-11-18(15(3)4)22(17)27-28(25,26)23-21-19-9-6-5-8-16(19)12-13-20(21)24/h5-11,14-15,21,23H,12-13H2,1-4H3. The molecule has 2 aromatic carbocycles. The van der Waals surface area contributed by atoms with Crippen molar-refractivity contribution in [3.8, 4) is 5.75 Å². The van der Waals surface area contributed by atoms with Crippen LogP contribution in [0, 0.1) is 0 Å². The Morgan fingerprint density at radius 3 is 2.14 bits per heavy atom. The maximum Gasteiger partial charge on any atom is 0.383 e. The van der Waals surface area contributed by atoms with Crippen LogP contribution < -0.4 is 8.91 Å². The van der Waals surface area contributed by atoms with E-state index in [0.717, 1.165) is 16.7 Å². The molecule has 0 amide bonds. The molecule has 1 unspecified atom stereocenters. The Morgan fingerprint density at radius 1 is 0.929 bits per heavy atom. The lowest BCUT2D eigenvalue weighted by Gasteiger charge is -2.26. The summed E-state index contributed by atoms with van der Waals surface area (Å²) in [6.07, 6.45) is 0.936. The molecule has 150 valence electrons. The molecule has 0 heterocycles. The predicted molar refractivity (Wildman–Crippen MR) is 110 cm³/mol. The van der Waals surface area contributed by atoms with Gasteiger partial charge in [-0.3, -0.25) is 4.79 Å². The second-order valence-electron chi connectivity index (χ2n) is 7.83. The molecule has 1 atom stereocenters. The summed E-state index contributed by atoms with van der Waals surface area (Å²) in [6.45, 7) is 7.97. The molecule has 5 nitrogen and oxygen atoms in total. The number of fused-ring (bicyclic) bond motifs is 1. The summed E-state index contributed by atoms with van der Waals surface area (Å²) >= 11 is 0. The van der Waals surface area contributed by atoms with Gasteiger partial charge in [-0.05, 0) is 40.5 Å². The van der Waals surface area contributed by atoms with Crippen LogP contribution in [0.5, 0.6) is 5.75 Å². The molecule has 1 N–H and O–H groups in total. The molecule has 1 aliphatic carbocycles. The second kappa shape index (κ2) is 8.05. The third-order valence-electron chi connectivity index (χ3n) is 5.10. The van der Waals surface area contributed by atoms with E-state index in [0.29, 0.717) is 24.2 Å². The first-order valence-electron chi connectivity index (χ1n) is 9.64. The normalized spacial score (nSPS) is 17.1. The molecule has 0 spiro atoms. The molecule has 28 heavy (non-hydrogen) atoms. The fraction of sp³-hybridized carbons (Fsp3) is 0.409. The van der Waals surface area contributed by atoms with Gasteiger partial charge in [0.05, 0.1) is 0 Å². The van der Waals surface area contributed by atoms with Gasteiger partial charge in [0.15, 0.2) is 11.5 Å². The molecule has 6 heteroatoms. The van der Waals surface area contributed by atoms with Crippen LogP contribution >= 0.6 is 0 Å². The Hall–Kier alpha value is -2.18. The minimum absolute atomic E-state index is 0.0981. The van der Waals surface area contributed by atoms with E-state index in [1.807, 2.05) is 64.1 Å². The van der Waals surface area contributed by atoms with Crippen LogP contribution in [0.3, 0.4) is 0 Å². The van der Waals surface area contributed by atoms with Gasteiger partial charge in [0.25, 0.3) is 0 Å². The number of nitrogens with one attached hydrogen (secondary N) is 1. The summed E-state index contributed by atoms with van der Waals surface area (Å²) in [5, 5.41) is 0. The smallest absolute Gasteiger partial charge is 0.370 e. The zero-order chi connectivity index (χ0) is 20.5. The quantitative estimate of drug-likeness (QED) is 0.778. The molecule has 0 saturated heterocycles. The van der Waals surface area contributed by atoms with E-state index in [1.54, 1.807) is 6.07 Å². The molecule has 0 radical (unpaired) electrons. The van der Waals surface area contributed by atoms with Gasteiger partial charge in [-0.15, -0.1) is 0 Å². The molecular weight excluding hydrogens is 374 g/mol. The summed E-state index contributed by atoms with van der Waals surface area (Å²) in [7, 11) is -4.19. The summed E-state index contributed by atoms with van der Waals surface area (Å²) in [5.74, 6) is 0.408. The number of hydrogen-bond donors (Lipinski definition) is 1. The van der Waals surface area contributed by atoms with Crippen molar-refractivity contribution in [3.05, 3.63) is 64.7 Å². The number of benzene rings is 2. The van der Waals surface area contributed by atoms with E-state index in [9.17, 15) is 13.2 Å². The Labute approximate surface area is 167 Å². The van der Waals surface area contributed by atoms with Crippen LogP contribution in [0.25, 0.3) is 0 Å². The SMILES string of the molecule is CC(C)c1cccc(C(C)C)c1OS(=O)(=O)NC1C(=O)CCc2ccccc21. The average Bonchev–Trinajstić information content (AvgIpc) is 2.63. The first kappa shape index (κ1) is 20.6. The maximum absolute atomic E-state index is 12.9. The van der Waals surface area contributed by atoms with Crippen LogP contribution in [0.2, 0.25) is 0 Å². The van der Waals surface area contributed by atoms with Crippen LogP contribution in [-0.4, -0.2) is 14.2 Å². The van der Waals surface area contributed by atoms with Crippen molar-refractivity contribution in [2.45, 2.75) is 58.4 Å². The average molecular weight is 402 g/mol. The van der Waals surface area contributed by atoms with Gasteiger partial charge in [0, 0.05) is 6.42 Å². The summed E-state index contributed by atoms with van der Waals surface area (Å²) in [6, 6.07) is 12.2. The summed E-state index contributed by atoms with van der Waals surface area (Å²) < 4.78 is 33.8. The monoisotopic (exact) mass is 401 g/mol. The lowest BCUT2D eigenvalue weighted by Crippen LogP contribution is -2.39. The predicted octanol–water partition coefficient (Wildman–Crippen LogP) is 4.40. The van der Waals surface area contributed by atoms with Gasteiger partial charge >= 0.3 is 10.3 Å². The molecule has 2 aromatic rings. The third-order valence-corrected chi connectivity index (χ3v) is 6.01. The van der Waals surface area contributed by atoms with Crippen molar-refractivity contribution in [3.63, 3.8) is 0 Å². The first-order chi connectivity index (χ1) is 13.2. The van der Waals surface area contributed by atoms with E-state index in [-0.39, 0.29) is 17.6 Å². The molecular formula is C22H27NO4S. The molecule has 0 aromatic heterocycles. The summed E-state index contributed by atoms with van der Waals surface area (Å²) in [4.78, 5) is 12.5. The number of hydrogen-bond acceptors (Lipinski definition) is 4. The molecule has 0 saturated carbocycles. The summed E-state index contributed by atoms with van der Waals surface area (Å²) in [5.41, 5.74) is 3.34. The van der Waals surface area contributed by atoms with Crippen molar-refractivity contribution in [1.29, 1.82) is 0 Å². The van der Waals surface area contributed by atoms with E-state index < -0.39 is 16.3 Å². The Bertz CT molecular complexity index is 954. The molecule has 1 aliphatic rings.